The summed E-state index contributed by atoms with van der Waals surface area (Å²) in [5.41, 5.74) is 2.30. The number of carboxylic acids is 1. The second-order valence-electron chi connectivity index (χ2n) is 4.73. The van der Waals surface area contributed by atoms with E-state index in [9.17, 15) is 4.79 Å². The van der Waals surface area contributed by atoms with Gasteiger partial charge in [0.1, 0.15) is 0 Å². The second-order valence-corrected chi connectivity index (χ2v) is 4.73. The van der Waals surface area contributed by atoms with Gasteiger partial charge in [0, 0.05) is 30.8 Å². The zero-order valence-electron chi connectivity index (χ0n) is 12.1. The van der Waals surface area contributed by atoms with Gasteiger partial charge in [0.05, 0.1) is 17.6 Å². The van der Waals surface area contributed by atoms with Crippen LogP contribution in [0.1, 0.15) is 19.0 Å². The van der Waals surface area contributed by atoms with Crippen LogP contribution in [0, 0.1) is 0 Å². The van der Waals surface area contributed by atoms with Crippen molar-refractivity contribution >= 4 is 22.6 Å². The van der Waals surface area contributed by atoms with Gasteiger partial charge >= 0.3 is 5.97 Å². The standard InChI is InChI=1S/C16H20N2O3/c1-2-21-9-5-8-17-15-10-12(11-16(19)20)18-14-7-4-3-6-13(14)15/h3-4,6-7,10H,2,5,8-9,11H2,1H3,(H,17,18)(H,19,20). The average molecular weight is 288 g/mol. The number of ether oxygens (including phenoxy) is 1. The number of aromatic nitrogens is 1. The predicted octanol–water partition coefficient (Wildman–Crippen LogP) is 2.70. The highest BCUT2D eigenvalue weighted by Gasteiger charge is 2.08. The van der Waals surface area contributed by atoms with Crippen LogP contribution in [0.15, 0.2) is 30.3 Å². The van der Waals surface area contributed by atoms with Gasteiger partial charge in [-0.05, 0) is 25.5 Å². The molecule has 1 heterocycles. The number of aliphatic carboxylic acids is 1. The fourth-order valence-electron chi connectivity index (χ4n) is 2.16. The minimum Gasteiger partial charge on any atom is -0.481 e. The molecule has 2 aromatic rings. The van der Waals surface area contributed by atoms with Gasteiger partial charge in [-0.15, -0.1) is 0 Å². The van der Waals surface area contributed by atoms with Crippen LogP contribution < -0.4 is 5.32 Å². The van der Waals surface area contributed by atoms with Crippen molar-refractivity contribution in [2.75, 3.05) is 25.1 Å². The van der Waals surface area contributed by atoms with Gasteiger partial charge in [-0.2, -0.15) is 0 Å². The number of rotatable bonds is 8. The summed E-state index contributed by atoms with van der Waals surface area (Å²) in [6, 6.07) is 9.55. The van der Waals surface area contributed by atoms with E-state index in [1.165, 1.54) is 0 Å². The van der Waals surface area contributed by atoms with Gasteiger partial charge in [-0.1, -0.05) is 18.2 Å². The molecule has 0 saturated carbocycles. The van der Waals surface area contributed by atoms with Crippen molar-refractivity contribution in [3.63, 3.8) is 0 Å². The molecule has 0 fully saturated rings. The number of carbonyl (C=O) groups is 1. The molecule has 112 valence electrons. The zero-order valence-corrected chi connectivity index (χ0v) is 12.1. The normalized spacial score (nSPS) is 10.7. The molecule has 0 amide bonds. The fourth-order valence-corrected chi connectivity index (χ4v) is 2.16. The molecule has 0 atom stereocenters. The van der Waals surface area contributed by atoms with E-state index in [1.807, 2.05) is 37.3 Å². The van der Waals surface area contributed by atoms with Crippen molar-refractivity contribution in [3.05, 3.63) is 36.0 Å². The summed E-state index contributed by atoms with van der Waals surface area (Å²) < 4.78 is 5.31. The lowest BCUT2D eigenvalue weighted by Gasteiger charge is -2.11. The van der Waals surface area contributed by atoms with Crippen molar-refractivity contribution < 1.29 is 14.6 Å². The molecule has 0 unspecified atom stereocenters. The molecule has 0 aliphatic rings. The number of hydrogen-bond donors (Lipinski definition) is 2. The van der Waals surface area contributed by atoms with E-state index in [-0.39, 0.29) is 6.42 Å². The summed E-state index contributed by atoms with van der Waals surface area (Å²) in [5.74, 6) is -0.875. The van der Waals surface area contributed by atoms with Crippen LogP contribution in [-0.2, 0) is 16.0 Å². The van der Waals surface area contributed by atoms with Gasteiger partial charge in [0.25, 0.3) is 0 Å². The number of hydrogen-bond acceptors (Lipinski definition) is 4. The topological polar surface area (TPSA) is 71.5 Å². The molecule has 0 aliphatic heterocycles. The number of carboxylic acid groups (broad SMARTS) is 1. The van der Waals surface area contributed by atoms with Crippen molar-refractivity contribution in [2.24, 2.45) is 0 Å². The van der Waals surface area contributed by atoms with Crippen LogP contribution in [0.4, 0.5) is 5.69 Å². The Morgan fingerprint density at radius 2 is 2.19 bits per heavy atom. The molecule has 2 rings (SSSR count). The molecule has 0 radical (unpaired) electrons. The van der Waals surface area contributed by atoms with Crippen LogP contribution in [0.5, 0.6) is 0 Å². The van der Waals surface area contributed by atoms with Gasteiger partial charge in [-0.25, -0.2) is 0 Å². The van der Waals surface area contributed by atoms with Crippen LogP contribution in [-0.4, -0.2) is 35.8 Å². The molecule has 0 saturated heterocycles. The number of nitrogens with one attached hydrogen (secondary N) is 1. The first-order valence-electron chi connectivity index (χ1n) is 7.12. The van der Waals surface area contributed by atoms with E-state index in [0.29, 0.717) is 12.3 Å². The summed E-state index contributed by atoms with van der Waals surface area (Å²) >= 11 is 0. The fraction of sp³-hybridized carbons (Fsp3) is 0.375. The highest BCUT2D eigenvalue weighted by atomic mass is 16.5. The van der Waals surface area contributed by atoms with Crippen molar-refractivity contribution in [1.82, 2.24) is 4.98 Å². The van der Waals surface area contributed by atoms with E-state index < -0.39 is 5.97 Å². The SMILES string of the molecule is CCOCCCNc1cc(CC(=O)O)nc2ccccc12. The van der Waals surface area contributed by atoms with Crippen LogP contribution in [0.25, 0.3) is 10.9 Å². The Hall–Kier alpha value is -2.14. The Bertz CT molecular complexity index is 613. The third-order valence-electron chi connectivity index (χ3n) is 3.09. The Morgan fingerprint density at radius 3 is 2.95 bits per heavy atom. The summed E-state index contributed by atoms with van der Waals surface area (Å²) in [5, 5.41) is 13.3. The molecular formula is C16H20N2O3. The van der Waals surface area contributed by atoms with Crippen molar-refractivity contribution in [2.45, 2.75) is 19.8 Å². The largest absolute Gasteiger partial charge is 0.481 e. The van der Waals surface area contributed by atoms with Crippen LogP contribution in [0.2, 0.25) is 0 Å². The number of anilines is 1. The average Bonchev–Trinajstić information content (AvgIpc) is 2.46. The van der Waals surface area contributed by atoms with Gasteiger partial charge in [0.15, 0.2) is 0 Å². The molecule has 1 aromatic carbocycles. The summed E-state index contributed by atoms with van der Waals surface area (Å²) in [7, 11) is 0. The van der Waals surface area contributed by atoms with Gasteiger partial charge < -0.3 is 15.2 Å². The second kappa shape index (κ2) is 7.59. The third kappa shape index (κ3) is 4.43. The lowest BCUT2D eigenvalue weighted by atomic mass is 10.1. The van der Waals surface area contributed by atoms with Crippen molar-refractivity contribution in [3.8, 4) is 0 Å². The van der Waals surface area contributed by atoms with E-state index in [2.05, 4.69) is 10.3 Å². The molecule has 1 aromatic heterocycles. The van der Waals surface area contributed by atoms with E-state index in [0.717, 1.165) is 36.2 Å². The number of nitrogens with zero attached hydrogens (tertiary/aromatic N) is 1. The molecular weight excluding hydrogens is 268 g/mol. The first kappa shape index (κ1) is 15.3. The highest BCUT2D eigenvalue weighted by Crippen LogP contribution is 2.23. The predicted molar refractivity (Wildman–Crippen MR) is 82.7 cm³/mol. The molecule has 0 spiro atoms. The quantitative estimate of drug-likeness (QED) is 0.731. The number of para-hydroxylation sites is 1. The Morgan fingerprint density at radius 1 is 1.38 bits per heavy atom. The third-order valence-corrected chi connectivity index (χ3v) is 3.09. The van der Waals surface area contributed by atoms with Crippen LogP contribution in [0.3, 0.4) is 0 Å². The zero-order chi connectivity index (χ0) is 15.1. The molecule has 0 aliphatic carbocycles. The van der Waals surface area contributed by atoms with E-state index >= 15 is 0 Å². The lowest BCUT2D eigenvalue weighted by molar-refractivity contribution is -0.136. The molecule has 2 N–H and O–H groups in total. The van der Waals surface area contributed by atoms with Gasteiger partial charge in [-0.3, -0.25) is 9.78 Å². The van der Waals surface area contributed by atoms with Crippen LogP contribution >= 0.6 is 0 Å². The highest BCUT2D eigenvalue weighted by molar-refractivity contribution is 5.91. The molecule has 5 heteroatoms. The summed E-state index contributed by atoms with van der Waals surface area (Å²) in [4.78, 5) is 15.3. The summed E-state index contributed by atoms with van der Waals surface area (Å²) in [6.07, 6.45) is 0.831. The number of benzene rings is 1. The summed E-state index contributed by atoms with van der Waals surface area (Å²) in [6.45, 7) is 4.19. The molecule has 0 bridgehead atoms. The number of fused-ring (bicyclic) bond motifs is 1. The van der Waals surface area contributed by atoms with E-state index in [1.54, 1.807) is 0 Å². The maximum atomic E-state index is 10.9. The first-order valence-corrected chi connectivity index (χ1v) is 7.12. The minimum atomic E-state index is -0.875. The maximum absolute atomic E-state index is 10.9. The van der Waals surface area contributed by atoms with Crippen molar-refractivity contribution in [1.29, 1.82) is 0 Å². The maximum Gasteiger partial charge on any atom is 0.309 e. The molecule has 21 heavy (non-hydrogen) atoms. The smallest absolute Gasteiger partial charge is 0.309 e. The minimum absolute atomic E-state index is 0.0710. The Kier molecular flexibility index (Phi) is 5.51. The van der Waals surface area contributed by atoms with Gasteiger partial charge in [0.2, 0.25) is 0 Å². The number of pyridine rings is 1. The Labute approximate surface area is 124 Å². The van der Waals surface area contributed by atoms with E-state index in [4.69, 9.17) is 9.84 Å². The lowest BCUT2D eigenvalue weighted by Crippen LogP contribution is -2.08. The molecule has 5 nitrogen and oxygen atoms in total. The Balaban J connectivity index is 2.16. The monoisotopic (exact) mass is 288 g/mol. The first-order chi connectivity index (χ1) is 10.2.